The molecule has 26 heavy (non-hydrogen) atoms. The zero-order valence-electron chi connectivity index (χ0n) is 14.9. The molecule has 2 aliphatic heterocycles. The number of hydrogen-bond donors (Lipinski definition) is 0. The Labute approximate surface area is 163 Å². The predicted octanol–water partition coefficient (Wildman–Crippen LogP) is 4.30. The zero-order valence-corrected chi connectivity index (χ0v) is 16.4. The van der Waals surface area contributed by atoms with Gasteiger partial charge in [0.1, 0.15) is 5.01 Å². The van der Waals surface area contributed by atoms with E-state index in [1.54, 1.807) is 11.3 Å². The molecule has 0 atom stereocenters. The van der Waals surface area contributed by atoms with Crippen LogP contribution in [0.3, 0.4) is 0 Å². The third-order valence-corrected chi connectivity index (χ3v) is 6.65. The summed E-state index contributed by atoms with van der Waals surface area (Å²) in [7, 11) is 0. The standard InChI is InChI=1S/C20H24ClN3OS/c21-18-6-2-1-5-17(18)19-22-16(14-26-19)13-23-11-7-15(8-12-23)20(25)24-9-3-4-10-24/h1-2,5-6,14-15H,3-4,7-13H2. The van der Waals surface area contributed by atoms with Crippen LogP contribution in [-0.4, -0.2) is 46.9 Å². The number of rotatable bonds is 4. The molecule has 138 valence electrons. The van der Waals surface area contributed by atoms with E-state index in [9.17, 15) is 4.79 Å². The second-order valence-corrected chi connectivity index (χ2v) is 8.47. The molecule has 2 aromatic rings. The van der Waals surface area contributed by atoms with Crippen LogP contribution in [0.5, 0.6) is 0 Å². The van der Waals surface area contributed by atoms with Crippen LogP contribution in [0, 0.1) is 5.92 Å². The number of thiazole rings is 1. The summed E-state index contributed by atoms with van der Waals surface area (Å²) in [6, 6.07) is 7.85. The highest BCUT2D eigenvalue weighted by molar-refractivity contribution is 7.13. The fourth-order valence-electron chi connectivity index (χ4n) is 3.90. The van der Waals surface area contributed by atoms with Crippen molar-refractivity contribution in [2.24, 2.45) is 5.92 Å². The number of carbonyl (C=O) groups excluding carboxylic acids is 1. The van der Waals surface area contributed by atoms with E-state index in [2.05, 4.69) is 15.2 Å². The molecular formula is C20H24ClN3OS. The number of nitrogens with zero attached hydrogens (tertiary/aromatic N) is 3. The van der Waals surface area contributed by atoms with Crippen molar-refractivity contribution in [2.45, 2.75) is 32.2 Å². The second-order valence-electron chi connectivity index (χ2n) is 7.21. The first kappa shape index (κ1) is 18.0. The Morgan fingerprint density at radius 2 is 1.88 bits per heavy atom. The van der Waals surface area contributed by atoms with Crippen LogP contribution < -0.4 is 0 Å². The molecule has 0 radical (unpaired) electrons. The number of halogens is 1. The van der Waals surface area contributed by atoms with Crippen molar-refractivity contribution in [1.82, 2.24) is 14.8 Å². The molecule has 4 nitrogen and oxygen atoms in total. The van der Waals surface area contributed by atoms with E-state index < -0.39 is 0 Å². The summed E-state index contributed by atoms with van der Waals surface area (Å²) in [5.74, 6) is 0.607. The largest absolute Gasteiger partial charge is 0.342 e. The predicted molar refractivity (Wildman–Crippen MR) is 106 cm³/mol. The fraction of sp³-hybridized carbons (Fsp3) is 0.500. The first-order chi connectivity index (χ1) is 12.7. The van der Waals surface area contributed by atoms with E-state index in [1.165, 1.54) is 12.8 Å². The molecule has 0 N–H and O–H groups in total. The average molecular weight is 390 g/mol. The highest BCUT2D eigenvalue weighted by Gasteiger charge is 2.29. The molecule has 6 heteroatoms. The molecular weight excluding hydrogens is 366 g/mol. The van der Waals surface area contributed by atoms with Crippen molar-refractivity contribution in [3.8, 4) is 10.6 Å². The Morgan fingerprint density at radius 1 is 1.15 bits per heavy atom. The van der Waals surface area contributed by atoms with Crippen molar-refractivity contribution in [3.05, 3.63) is 40.4 Å². The Morgan fingerprint density at radius 3 is 2.62 bits per heavy atom. The van der Waals surface area contributed by atoms with E-state index in [0.29, 0.717) is 5.91 Å². The Balaban J connectivity index is 1.32. The van der Waals surface area contributed by atoms with Gasteiger partial charge in [-0.25, -0.2) is 4.98 Å². The Bertz CT molecular complexity index is 764. The molecule has 1 amide bonds. The van der Waals surface area contributed by atoms with Crippen molar-refractivity contribution >= 4 is 28.8 Å². The third kappa shape index (κ3) is 3.95. The number of aromatic nitrogens is 1. The summed E-state index contributed by atoms with van der Waals surface area (Å²) in [5.41, 5.74) is 2.09. The number of piperidine rings is 1. The summed E-state index contributed by atoms with van der Waals surface area (Å²) in [5, 5.41) is 3.85. The lowest BCUT2D eigenvalue weighted by molar-refractivity contribution is -0.136. The zero-order chi connectivity index (χ0) is 17.9. The molecule has 3 heterocycles. The molecule has 0 spiro atoms. The van der Waals surface area contributed by atoms with E-state index in [1.807, 2.05) is 24.3 Å². The maximum Gasteiger partial charge on any atom is 0.225 e. The van der Waals surface area contributed by atoms with Gasteiger partial charge in [-0.1, -0.05) is 29.8 Å². The van der Waals surface area contributed by atoms with Gasteiger partial charge in [0.05, 0.1) is 10.7 Å². The molecule has 0 bridgehead atoms. The monoisotopic (exact) mass is 389 g/mol. The molecule has 1 aromatic carbocycles. The van der Waals surface area contributed by atoms with Crippen LogP contribution in [-0.2, 0) is 11.3 Å². The molecule has 2 aliphatic rings. The first-order valence-electron chi connectivity index (χ1n) is 9.41. The van der Waals surface area contributed by atoms with Gasteiger partial charge in [-0.2, -0.15) is 0 Å². The minimum absolute atomic E-state index is 0.221. The maximum atomic E-state index is 12.5. The number of likely N-dealkylation sites (tertiary alicyclic amines) is 2. The summed E-state index contributed by atoms with van der Waals surface area (Å²) in [4.78, 5) is 21.8. The molecule has 2 fully saturated rings. The average Bonchev–Trinajstić information content (AvgIpc) is 3.34. The lowest BCUT2D eigenvalue weighted by atomic mass is 9.95. The smallest absolute Gasteiger partial charge is 0.225 e. The van der Waals surface area contributed by atoms with E-state index >= 15 is 0 Å². The highest BCUT2D eigenvalue weighted by atomic mass is 35.5. The molecule has 2 saturated heterocycles. The molecule has 1 aromatic heterocycles. The van der Waals surface area contributed by atoms with E-state index in [-0.39, 0.29) is 5.92 Å². The molecule has 0 unspecified atom stereocenters. The van der Waals surface area contributed by atoms with Gasteiger partial charge in [-0.3, -0.25) is 9.69 Å². The topological polar surface area (TPSA) is 36.4 Å². The van der Waals surface area contributed by atoms with Gasteiger partial charge in [-0.05, 0) is 44.8 Å². The third-order valence-electron chi connectivity index (χ3n) is 5.40. The van der Waals surface area contributed by atoms with Crippen LogP contribution in [0.1, 0.15) is 31.4 Å². The lowest BCUT2D eigenvalue weighted by Crippen LogP contribution is -2.41. The molecule has 0 aliphatic carbocycles. The van der Waals surface area contributed by atoms with E-state index in [0.717, 1.165) is 66.9 Å². The quantitative estimate of drug-likeness (QED) is 0.782. The molecule has 0 saturated carbocycles. The number of hydrogen-bond acceptors (Lipinski definition) is 4. The van der Waals surface area contributed by atoms with Crippen LogP contribution in [0.4, 0.5) is 0 Å². The number of amides is 1. The van der Waals surface area contributed by atoms with Crippen molar-refractivity contribution in [1.29, 1.82) is 0 Å². The minimum Gasteiger partial charge on any atom is -0.342 e. The fourth-order valence-corrected chi connectivity index (χ4v) is 5.03. The Kier molecular flexibility index (Phi) is 5.57. The summed E-state index contributed by atoms with van der Waals surface area (Å²) in [6.07, 6.45) is 4.28. The minimum atomic E-state index is 0.221. The lowest BCUT2D eigenvalue weighted by Gasteiger charge is -2.32. The van der Waals surface area contributed by atoms with Crippen molar-refractivity contribution in [2.75, 3.05) is 26.2 Å². The number of carbonyl (C=O) groups is 1. The van der Waals surface area contributed by atoms with Gasteiger partial charge in [0, 0.05) is 36.5 Å². The SMILES string of the molecule is O=C(C1CCN(Cc2csc(-c3ccccc3Cl)n2)CC1)N1CCCC1. The van der Waals surface area contributed by atoms with E-state index in [4.69, 9.17) is 16.6 Å². The van der Waals surface area contributed by atoms with Gasteiger partial charge in [0.25, 0.3) is 0 Å². The van der Waals surface area contributed by atoms with Crippen molar-refractivity contribution in [3.63, 3.8) is 0 Å². The van der Waals surface area contributed by atoms with Gasteiger partial charge in [0.2, 0.25) is 5.91 Å². The van der Waals surface area contributed by atoms with Crippen molar-refractivity contribution < 1.29 is 4.79 Å². The summed E-state index contributed by atoms with van der Waals surface area (Å²) < 4.78 is 0. The summed E-state index contributed by atoms with van der Waals surface area (Å²) >= 11 is 7.92. The number of benzene rings is 1. The van der Waals surface area contributed by atoms with Gasteiger partial charge >= 0.3 is 0 Å². The maximum absolute atomic E-state index is 12.5. The second kappa shape index (κ2) is 8.07. The molecule has 4 rings (SSSR count). The van der Waals surface area contributed by atoms with Crippen LogP contribution in [0.2, 0.25) is 5.02 Å². The summed E-state index contributed by atoms with van der Waals surface area (Å²) in [6.45, 7) is 4.73. The Hall–Kier alpha value is -1.43. The van der Waals surface area contributed by atoms with Crippen LogP contribution in [0.25, 0.3) is 10.6 Å². The van der Waals surface area contributed by atoms with Gasteiger partial charge < -0.3 is 4.90 Å². The first-order valence-corrected chi connectivity index (χ1v) is 10.7. The van der Waals surface area contributed by atoms with Crippen LogP contribution >= 0.6 is 22.9 Å². The van der Waals surface area contributed by atoms with Crippen LogP contribution in [0.15, 0.2) is 29.6 Å². The normalized spacial score (nSPS) is 19.2. The van der Waals surface area contributed by atoms with Gasteiger partial charge in [-0.15, -0.1) is 11.3 Å². The highest BCUT2D eigenvalue weighted by Crippen LogP contribution is 2.31. The van der Waals surface area contributed by atoms with Gasteiger partial charge in [0.15, 0.2) is 0 Å².